The van der Waals surface area contributed by atoms with Gasteiger partial charge in [0.2, 0.25) is 0 Å². The highest BCUT2D eigenvalue weighted by atomic mass is 16.5. The first-order valence-electron chi connectivity index (χ1n) is 6.69. The van der Waals surface area contributed by atoms with Crippen LogP contribution in [0.2, 0.25) is 0 Å². The number of aldehydes is 1. The standard InChI is InChI=1S/C15H15BO6/c1-9(2)21-15(18)10-3-5-13(16(19)20)12(7-10)14-6-4-11(8-17)22-14/h3-9,19-20H,1-2H3. The number of carbonyl (C=O) groups is 2. The molecule has 0 saturated carbocycles. The summed E-state index contributed by atoms with van der Waals surface area (Å²) in [5, 5.41) is 18.9. The van der Waals surface area contributed by atoms with Gasteiger partial charge >= 0.3 is 13.1 Å². The lowest BCUT2D eigenvalue weighted by molar-refractivity contribution is 0.0378. The summed E-state index contributed by atoms with van der Waals surface area (Å²) in [5.74, 6) is -0.176. The number of hydrogen-bond acceptors (Lipinski definition) is 6. The zero-order valence-electron chi connectivity index (χ0n) is 12.1. The molecule has 0 aliphatic rings. The number of esters is 1. The maximum absolute atomic E-state index is 11.9. The molecule has 1 aromatic heterocycles. The van der Waals surface area contributed by atoms with Gasteiger partial charge in [0.25, 0.3) is 0 Å². The molecule has 7 heteroatoms. The molecule has 0 atom stereocenters. The van der Waals surface area contributed by atoms with Crippen molar-refractivity contribution in [1.82, 2.24) is 0 Å². The summed E-state index contributed by atoms with van der Waals surface area (Å²) in [6.07, 6.45) is 0.263. The van der Waals surface area contributed by atoms with Crippen molar-refractivity contribution in [3.63, 3.8) is 0 Å². The molecule has 0 amide bonds. The molecule has 1 aromatic carbocycles. The molecule has 2 aromatic rings. The number of hydrogen-bond donors (Lipinski definition) is 2. The van der Waals surface area contributed by atoms with E-state index in [1.54, 1.807) is 13.8 Å². The second-order valence-electron chi connectivity index (χ2n) is 4.95. The Hall–Kier alpha value is -2.38. The highest BCUT2D eigenvalue weighted by Crippen LogP contribution is 2.22. The Labute approximate surface area is 127 Å². The molecule has 0 aliphatic carbocycles. The lowest BCUT2D eigenvalue weighted by Crippen LogP contribution is -2.32. The lowest BCUT2D eigenvalue weighted by Gasteiger charge is -2.11. The van der Waals surface area contributed by atoms with Gasteiger partial charge in [0.05, 0.1) is 11.7 Å². The van der Waals surface area contributed by atoms with Crippen molar-refractivity contribution >= 4 is 24.8 Å². The Kier molecular flexibility index (Phi) is 4.80. The Balaban J connectivity index is 2.48. The molecule has 22 heavy (non-hydrogen) atoms. The Morgan fingerprint density at radius 3 is 2.55 bits per heavy atom. The van der Waals surface area contributed by atoms with Crippen LogP contribution in [0.3, 0.4) is 0 Å². The van der Waals surface area contributed by atoms with Crippen molar-refractivity contribution in [2.24, 2.45) is 0 Å². The predicted octanol–water partition coefficient (Wildman–Crippen LogP) is 1.00. The van der Waals surface area contributed by atoms with E-state index in [9.17, 15) is 19.6 Å². The van der Waals surface area contributed by atoms with Gasteiger partial charge in [0, 0.05) is 5.56 Å². The van der Waals surface area contributed by atoms with E-state index in [1.165, 1.54) is 30.3 Å². The monoisotopic (exact) mass is 302 g/mol. The van der Waals surface area contributed by atoms with Crippen LogP contribution in [0.25, 0.3) is 11.3 Å². The van der Waals surface area contributed by atoms with Gasteiger partial charge in [-0.2, -0.15) is 0 Å². The van der Waals surface area contributed by atoms with Crippen LogP contribution in [0.4, 0.5) is 0 Å². The van der Waals surface area contributed by atoms with E-state index < -0.39 is 13.1 Å². The van der Waals surface area contributed by atoms with Crippen LogP contribution < -0.4 is 5.46 Å². The maximum atomic E-state index is 11.9. The Morgan fingerprint density at radius 1 is 1.27 bits per heavy atom. The molecule has 2 rings (SSSR count). The first kappa shape index (κ1) is 16.0. The van der Waals surface area contributed by atoms with Gasteiger partial charge < -0.3 is 19.2 Å². The minimum Gasteiger partial charge on any atom is -0.459 e. The van der Waals surface area contributed by atoms with Gasteiger partial charge in [0.15, 0.2) is 12.0 Å². The van der Waals surface area contributed by atoms with Crippen LogP contribution in [0.15, 0.2) is 34.7 Å². The molecule has 0 unspecified atom stereocenters. The van der Waals surface area contributed by atoms with Gasteiger partial charge in [-0.15, -0.1) is 0 Å². The van der Waals surface area contributed by atoms with Crippen molar-refractivity contribution in [3.05, 3.63) is 41.7 Å². The zero-order chi connectivity index (χ0) is 16.3. The third kappa shape index (κ3) is 3.44. The van der Waals surface area contributed by atoms with Crippen LogP contribution in [0, 0.1) is 0 Å². The fourth-order valence-corrected chi connectivity index (χ4v) is 1.96. The van der Waals surface area contributed by atoms with Gasteiger partial charge in [-0.3, -0.25) is 4.79 Å². The number of carbonyl (C=O) groups excluding carboxylic acids is 2. The third-order valence-electron chi connectivity index (χ3n) is 2.92. The topological polar surface area (TPSA) is 97.0 Å². The average molecular weight is 302 g/mol. The highest BCUT2D eigenvalue weighted by molar-refractivity contribution is 6.60. The molecule has 6 nitrogen and oxygen atoms in total. The van der Waals surface area contributed by atoms with Crippen LogP contribution in [0.5, 0.6) is 0 Å². The highest BCUT2D eigenvalue weighted by Gasteiger charge is 2.21. The number of rotatable bonds is 5. The Morgan fingerprint density at radius 2 is 2.00 bits per heavy atom. The van der Waals surface area contributed by atoms with Crippen molar-refractivity contribution in [3.8, 4) is 11.3 Å². The van der Waals surface area contributed by atoms with E-state index in [4.69, 9.17) is 9.15 Å². The molecular formula is C15H15BO6. The lowest BCUT2D eigenvalue weighted by atomic mass is 9.76. The van der Waals surface area contributed by atoms with Gasteiger partial charge in [0.1, 0.15) is 5.76 Å². The smallest absolute Gasteiger partial charge is 0.459 e. The first-order valence-corrected chi connectivity index (χ1v) is 6.69. The quantitative estimate of drug-likeness (QED) is 0.486. The molecule has 0 radical (unpaired) electrons. The van der Waals surface area contributed by atoms with Crippen molar-refractivity contribution in [2.45, 2.75) is 20.0 Å². The Bertz CT molecular complexity index is 689. The summed E-state index contributed by atoms with van der Waals surface area (Å²) in [7, 11) is -1.74. The summed E-state index contributed by atoms with van der Waals surface area (Å²) in [6, 6.07) is 7.25. The van der Waals surface area contributed by atoms with Crippen LogP contribution in [-0.2, 0) is 4.74 Å². The zero-order valence-corrected chi connectivity index (χ0v) is 12.1. The van der Waals surface area contributed by atoms with Crippen LogP contribution in [0.1, 0.15) is 34.8 Å². The number of ether oxygens (including phenoxy) is 1. The van der Waals surface area contributed by atoms with Gasteiger partial charge in [-0.05, 0) is 43.6 Å². The molecule has 1 heterocycles. The van der Waals surface area contributed by atoms with E-state index in [0.717, 1.165) is 0 Å². The van der Waals surface area contributed by atoms with Gasteiger partial charge in [-0.25, -0.2) is 4.79 Å². The molecule has 114 valence electrons. The largest absolute Gasteiger partial charge is 0.489 e. The van der Waals surface area contributed by atoms with Gasteiger partial charge in [-0.1, -0.05) is 6.07 Å². The van der Waals surface area contributed by atoms with E-state index in [0.29, 0.717) is 11.8 Å². The molecule has 0 saturated heterocycles. The fraction of sp³-hybridized carbons (Fsp3) is 0.200. The summed E-state index contributed by atoms with van der Waals surface area (Å²) in [6.45, 7) is 3.46. The van der Waals surface area contributed by atoms with Crippen molar-refractivity contribution in [1.29, 1.82) is 0 Å². The van der Waals surface area contributed by atoms with Crippen molar-refractivity contribution < 1.29 is 28.8 Å². The molecule has 0 bridgehead atoms. The summed E-state index contributed by atoms with van der Waals surface area (Å²) < 4.78 is 10.4. The number of furan rings is 1. The predicted molar refractivity (Wildman–Crippen MR) is 79.9 cm³/mol. The minimum absolute atomic E-state index is 0.100. The molecule has 0 aliphatic heterocycles. The molecule has 0 fully saturated rings. The maximum Gasteiger partial charge on any atom is 0.489 e. The SMILES string of the molecule is CC(C)OC(=O)c1ccc(B(O)O)c(-c2ccc(C=O)o2)c1. The third-order valence-corrected chi connectivity index (χ3v) is 2.92. The second kappa shape index (κ2) is 6.59. The van der Waals surface area contributed by atoms with E-state index in [-0.39, 0.29) is 28.7 Å². The fourth-order valence-electron chi connectivity index (χ4n) is 1.96. The molecule has 0 spiro atoms. The average Bonchev–Trinajstić information content (AvgIpc) is 2.94. The normalized spacial score (nSPS) is 10.6. The van der Waals surface area contributed by atoms with E-state index in [2.05, 4.69) is 0 Å². The minimum atomic E-state index is -1.74. The first-order chi connectivity index (χ1) is 10.4. The van der Waals surface area contributed by atoms with Crippen LogP contribution in [-0.4, -0.2) is 35.5 Å². The van der Waals surface area contributed by atoms with Crippen LogP contribution >= 0.6 is 0 Å². The van der Waals surface area contributed by atoms with Crippen molar-refractivity contribution in [2.75, 3.05) is 0 Å². The number of benzene rings is 1. The summed E-state index contributed by atoms with van der Waals surface area (Å²) in [5.41, 5.74) is 0.714. The van der Waals surface area contributed by atoms with E-state index in [1.807, 2.05) is 0 Å². The second-order valence-corrected chi connectivity index (χ2v) is 4.95. The van der Waals surface area contributed by atoms with E-state index >= 15 is 0 Å². The molecule has 2 N–H and O–H groups in total. The summed E-state index contributed by atoms with van der Waals surface area (Å²) >= 11 is 0. The summed E-state index contributed by atoms with van der Waals surface area (Å²) in [4.78, 5) is 22.6. The molecular weight excluding hydrogens is 287 g/mol.